The zero-order chi connectivity index (χ0) is 18.2. The molecule has 0 unspecified atom stereocenters. The molecule has 0 saturated heterocycles. The third-order valence-corrected chi connectivity index (χ3v) is 3.77. The van der Waals surface area contributed by atoms with E-state index >= 15 is 0 Å². The number of hydrogen-bond donors (Lipinski definition) is 1. The summed E-state index contributed by atoms with van der Waals surface area (Å²) in [5, 5.41) is 15.1. The average Bonchev–Trinajstić information content (AvgIpc) is 3.13. The minimum absolute atomic E-state index is 0.605. The second-order valence-electron chi connectivity index (χ2n) is 5.57. The Morgan fingerprint density at radius 3 is 2.50 bits per heavy atom. The highest BCUT2D eigenvalue weighted by Gasteiger charge is 2.09. The highest BCUT2D eigenvalue weighted by molar-refractivity contribution is 5.43. The largest absolute Gasteiger partial charge is 0.490 e. The van der Waals surface area contributed by atoms with Crippen molar-refractivity contribution in [2.75, 3.05) is 25.1 Å². The van der Waals surface area contributed by atoms with Crippen LogP contribution in [0.5, 0.6) is 11.5 Å². The molecule has 0 amide bonds. The molecule has 136 valence electrons. The highest BCUT2D eigenvalue weighted by atomic mass is 16.5. The van der Waals surface area contributed by atoms with E-state index in [1.54, 1.807) is 4.68 Å². The summed E-state index contributed by atoms with van der Waals surface area (Å²) in [6.07, 6.45) is 0.814. The third kappa shape index (κ3) is 4.30. The second-order valence-corrected chi connectivity index (χ2v) is 5.57. The lowest BCUT2D eigenvalue weighted by molar-refractivity contribution is 0.287. The fourth-order valence-corrected chi connectivity index (χ4v) is 2.61. The van der Waals surface area contributed by atoms with E-state index in [0.717, 1.165) is 29.2 Å². The molecule has 0 aliphatic rings. The van der Waals surface area contributed by atoms with E-state index in [2.05, 4.69) is 26.9 Å². The Morgan fingerprint density at radius 2 is 1.73 bits per heavy atom. The Bertz CT molecular complexity index is 820. The Morgan fingerprint density at radius 1 is 0.962 bits per heavy atom. The SMILES string of the molecule is CCOc1ccc(CCNc2nnnn2-c2ccccc2)cc1OCC. The molecule has 0 aliphatic carbocycles. The van der Waals surface area contributed by atoms with Gasteiger partial charge in [-0.1, -0.05) is 29.4 Å². The van der Waals surface area contributed by atoms with Gasteiger partial charge in [0.25, 0.3) is 0 Å². The van der Waals surface area contributed by atoms with Crippen LogP contribution in [0.15, 0.2) is 48.5 Å². The van der Waals surface area contributed by atoms with Crippen LogP contribution in [0, 0.1) is 0 Å². The predicted molar refractivity (Wildman–Crippen MR) is 100 cm³/mol. The van der Waals surface area contributed by atoms with Crippen molar-refractivity contribution in [1.29, 1.82) is 0 Å². The van der Waals surface area contributed by atoms with Gasteiger partial charge in [-0.05, 0) is 60.5 Å². The van der Waals surface area contributed by atoms with Crippen LogP contribution in [-0.2, 0) is 6.42 Å². The Balaban J connectivity index is 1.64. The fourth-order valence-electron chi connectivity index (χ4n) is 2.61. The molecule has 0 radical (unpaired) electrons. The molecule has 0 spiro atoms. The number of nitrogens with one attached hydrogen (secondary N) is 1. The molecule has 2 aromatic carbocycles. The molecule has 26 heavy (non-hydrogen) atoms. The molecular weight excluding hydrogens is 330 g/mol. The number of tetrazole rings is 1. The zero-order valence-electron chi connectivity index (χ0n) is 15.1. The summed E-state index contributed by atoms with van der Waals surface area (Å²) in [5.41, 5.74) is 2.07. The molecule has 1 N–H and O–H groups in total. The number of nitrogens with zero attached hydrogens (tertiary/aromatic N) is 4. The molecule has 0 atom stereocenters. The van der Waals surface area contributed by atoms with E-state index in [1.165, 1.54) is 0 Å². The van der Waals surface area contributed by atoms with Gasteiger partial charge in [-0.25, -0.2) is 0 Å². The number of hydrogen-bond acceptors (Lipinski definition) is 6. The van der Waals surface area contributed by atoms with Gasteiger partial charge >= 0.3 is 0 Å². The minimum atomic E-state index is 0.605. The maximum absolute atomic E-state index is 5.68. The number of para-hydroxylation sites is 1. The van der Waals surface area contributed by atoms with E-state index in [1.807, 2.05) is 56.3 Å². The van der Waals surface area contributed by atoms with Crippen LogP contribution in [-0.4, -0.2) is 40.0 Å². The maximum Gasteiger partial charge on any atom is 0.247 e. The zero-order valence-corrected chi connectivity index (χ0v) is 15.1. The van der Waals surface area contributed by atoms with E-state index in [9.17, 15) is 0 Å². The van der Waals surface area contributed by atoms with Crippen LogP contribution in [0.3, 0.4) is 0 Å². The van der Waals surface area contributed by atoms with Crippen molar-refractivity contribution in [1.82, 2.24) is 20.2 Å². The molecular formula is C19H23N5O2. The van der Waals surface area contributed by atoms with Gasteiger partial charge < -0.3 is 14.8 Å². The number of rotatable bonds is 9. The summed E-state index contributed by atoms with van der Waals surface area (Å²) in [5.74, 6) is 2.17. The van der Waals surface area contributed by atoms with Gasteiger partial charge in [0, 0.05) is 6.54 Å². The van der Waals surface area contributed by atoms with Crippen LogP contribution in [0.25, 0.3) is 5.69 Å². The summed E-state index contributed by atoms with van der Waals surface area (Å²) in [4.78, 5) is 0. The van der Waals surface area contributed by atoms with Gasteiger partial charge in [-0.3, -0.25) is 0 Å². The Hall–Kier alpha value is -3.09. The topological polar surface area (TPSA) is 74.1 Å². The van der Waals surface area contributed by atoms with Crippen molar-refractivity contribution >= 4 is 5.95 Å². The predicted octanol–water partition coefficient (Wildman–Crippen LogP) is 3.11. The number of ether oxygens (including phenoxy) is 2. The maximum atomic E-state index is 5.68. The van der Waals surface area contributed by atoms with Crippen LogP contribution in [0.2, 0.25) is 0 Å². The third-order valence-electron chi connectivity index (χ3n) is 3.77. The summed E-state index contributed by atoms with van der Waals surface area (Å²) >= 11 is 0. The van der Waals surface area contributed by atoms with Crippen molar-refractivity contribution in [3.05, 3.63) is 54.1 Å². The number of benzene rings is 2. The molecule has 1 heterocycles. The number of aromatic nitrogens is 4. The first kappa shape index (κ1) is 17.7. The first-order valence-electron chi connectivity index (χ1n) is 8.78. The number of anilines is 1. The smallest absolute Gasteiger partial charge is 0.247 e. The summed E-state index contributed by atoms with van der Waals surface area (Å²) in [6, 6.07) is 15.8. The van der Waals surface area contributed by atoms with Crippen molar-refractivity contribution in [3.63, 3.8) is 0 Å². The van der Waals surface area contributed by atoms with Crippen molar-refractivity contribution in [2.24, 2.45) is 0 Å². The van der Waals surface area contributed by atoms with Crippen molar-refractivity contribution in [2.45, 2.75) is 20.3 Å². The fraction of sp³-hybridized carbons (Fsp3) is 0.316. The molecule has 0 aliphatic heterocycles. The van der Waals surface area contributed by atoms with Gasteiger partial charge in [-0.15, -0.1) is 0 Å². The highest BCUT2D eigenvalue weighted by Crippen LogP contribution is 2.28. The van der Waals surface area contributed by atoms with Gasteiger partial charge in [-0.2, -0.15) is 4.68 Å². The van der Waals surface area contributed by atoms with Gasteiger partial charge in [0.05, 0.1) is 18.9 Å². The summed E-state index contributed by atoms with van der Waals surface area (Å²) in [6.45, 7) is 5.85. The van der Waals surface area contributed by atoms with Crippen molar-refractivity contribution < 1.29 is 9.47 Å². The molecule has 0 saturated carbocycles. The molecule has 7 heteroatoms. The molecule has 7 nitrogen and oxygen atoms in total. The van der Waals surface area contributed by atoms with Gasteiger partial charge in [0.1, 0.15) is 0 Å². The van der Waals surface area contributed by atoms with E-state index in [0.29, 0.717) is 25.7 Å². The lowest BCUT2D eigenvalue weighted by Gasteiger charge is -2.12. The lowest BCUT2D eigenvalue weighted by Crippen LogP contribution is -2.11. The van der Waals surface area contributed by atoms with Gasteiger partial charge in [0.2, 0.25) is 5.95 Å². The monoisotopic (exact) mass is 353 g/mol. The quantitative estimate of drug-likeness (QED) is 0.637. The first-order valence-corrected chi connectivity index (χ1v) is 8.78. The van der Waals surface area contributed by atoms with E-state index < -0.39 is 0 Å². The van der Waals surface area contributed by atoms with Crippen LogP contribution >= 0.6 is 0 Å². The van der Waals surface area contributed by atoms with Gasteiger partial charge in [0.15, 0.2) is 11.5 Å². The molecule has 1 aromatic heterocycles. The summed E-state index contributed by atoms with van der Waals surface area (Å²) < 4.78 is 13.0. The van der Waals surface area contributed by atoms with Crippen LogP contribution in [0.4, 0.5) is 5.95 Å². The normalized spacial score (nSPS) is 10.5. The standard InChI is InChI=1S/C19H23N5O2/c1-3-25-17-11-10-15(14-18(17)26-4-2)12-13-20-19-21-22-23-24(19)16-8-6-5-7-9-16/h5-11,14H,3-4,12-13H2,1-2H3,(H,20,21,23). The molecule has 0 bridgehead atoms. The molecule has 0 fully saturated rings. The lowest BCUT2D eigenvalue weighted by atomic mass is 10.1. The second kappa shape index (κ2) is 8.84. The van der Waals surface area contributed by atoms with Crippen LogP contribution in [0.1, 0.15) is 19.4 Å². The van der Waals surface area contributed by atoms with E-state index in [-0.39, 0.29) is 0 Å². The van der Waals surface area contributed by atoms with Crippen LogP contribution < -0.4 is 14.8 Å². The van der Waals surface area contributed by atoms with E-state index in [4.69, 9.17) is 9.47 Å². The first-order chi connectivity index (χ1) is 12.8. The summed E-state index contributed by atoms with van der Waals surface area (Å²) in [7, 11) is 0. The molecule has 3 rings (SSSR count). The minimum Gasteiger partial charge on any atom is -0.490 e. The van der Waals surface area contributed by atoms with Crippen molar-refractivity contribution in [3.8, 4) is 17.2 Å². The Kier molecular flexibility index (Phi) is 6.03. The molecule has 3 aromatic rings. The average molecular weight is 353 g/mol. The Labute approximate surface area is 152 Å².